The van der Waals surface area contributed by atoms with Gasteiger partial charge in [-0.2, -0.15) is 4.31 Å². The molecule has 1 aliphatic heterocycles. The van der Waals surface area contributed by atoms with Gasteiger partial charge >= 0.3 is 0 Å². The van der Waals surface area contributed by atoms with Gasteiger partial charge in [-0.3, -0.25) is 4.79 Å². The van der Waals surface area contributed by atoms with Crippen LogP contribution in [-0.2, 0) is 14.8 Å². The second-order valence-electron chi connectivity index (χ2n) is 7.43. The van der Waals surface area contributed by atoms with Crippen molar-refractivity contribution in [2.75, 3.05) is 18.4 Å². The Labute approximate surface area is 171 Å². The van der Waals surface area contributed by atoms with E-state index in [9.17, 15) is 13.2 Å². The molecule has 0 aliphatic carbocycles. The van der Waals surface area contributed by atoms with Gasteiger partial charge in [0.1, 0.15) is 0 Å². The smallest absolute Gasteiger partial charge is 0.243 e. The van der Waals surface area contributed by atoms with E-state index in [0.717, 1.165) is 16.7 Å². The van der Waals surface area contributed by atoms with Crippen molar-refractivity contribution < 1.29 is 13.2 Å². The number of carbonyl (C=O) groups excluding carboxylic acids is 1. The number of sulfonamides is 1. The number of amides is 1. The van der Waals surface area contributed by atoms with Crippen LogP contribution < -0.4 is 5.32 Å². The highest BCUT2D eigenvalue weighted by Gasteiger charge is 2.34. The quantitative estimate of drug-likeness (QED) is 0.801. The van der Waals surface area contributed by atoms with Crippen molar-refractivity contribution in [1.82, 2.24) is 4.31 Å². The van der Waals surface area contributed by atoms with Crippen LogP contribution in [0.4, 0.5) is 5.69 Å². The van der Waals surface area contributed by atoms with E-state index in [2.05, 4.69) is 5.32 Å². The van der Waals surface area contributed by atoms with Crippen LogP contribution in [0.3, 0.4) is 0 Å². The Kier molecular flexibility index (Phi) is 6.12. The Hall–Kier alpha value is -1.89. The molecule has 0 radical (unpaired) electrons. The molecule has 3 rings (SSSR count). The molecule has 1 saturated heterocycles. The standard InChI is InChI=1S/C21H25ClN2O3S/c1-14-10-15(2)20(16(3)11-14)28(26,27)24-9-5-6-17(13-24)21(25)23-19-8-4-7-18(22)12-19/h4,7-8,10-12,17H,5-6,9,13H2,1-3H3,(H,23,25)/t17-/m0/s1. The summed E-state index contributed by atoms with van der Waals surface area (Å²) >= 11 is 5.97. The van der Waals surface area contributed by atoms with Crippen LogP contribution >= 0.6 is 11.6 Å². The normalized spacial score (nSPS) is 18.1. The van der Waals surface area contributed by atoms with E-state index >= 15 is 0 Å². The third-order valence-corrected chi connectivity index (χ3v) is 7.46. The first-order valence-electron chi connectivity index (χ1n) is 9.33. The van der Waals surface area contributed by atoms with Gasteiger partial charge in [0.2, 0.25) is 15.9 Å². The van der Waals surface area contributed by atoms with E-state index in [1.165, 1.54) is 4.31 Å². The molecule has 0 spiro atoms. The molecule has 1 heterocycles. The zero-order valence-electron chi connectivity index (χ0n) is 16.3. The number of rotatable bonds is 4. The van der Waals surface area contributed by atoms with Crippen molar-refractivity contribution in [3.63, 3.8) is 0 Å². The number of hydrogen-bond acceptors (Lipinski definition) is 3. The molecule has 1 aliphatic rings. The first kappa shape index (κ1) is 20.8. The summed E-state index contributed by atoms with van der Waals surface area (Å²) in [5.74, 6) is -0.576. The van der Waals surface area contributed by atoms with Crippen LogP contribution in [0.1, 0.15) is 29.5 Å². The number of halogens is 1. The lowest BCUT2D eigenvalue weighted by atomic mass is 9.99. The molecule has 0 unspecified atom stereocenters. The second kappa shape index (κ2) is 8.23. The predicted molar refractivity (Wildman–Crippen MR) is 112 cm³/mol. The topological polar surface area (TPSA) is 66.5 Å². The number of piperidine rings is 1. The fourth-order valence-electron chi connectivity index (χ4n) is 3.89. The van der Waals surface area contributed by atoms with Crippen molar-refractivity contribution >= 4 is 33.2 Å². The van der Waals surface area contributed by atoms with E-state index in [1.807, 2.05) is 32.9 Å². The molecule has 0 aromatic heterocycles. The SMILES string of the molecule is Cc1cc(C)c(S(=O)(=O)N2CCC[C@H](C(=O)Nc3cccc(Cl)c3)C2)c(C)c1. The molecule has 7 heteroatoms. The minimum atomic E-state index is -3.65. The van der Waals surface area contributed by atoms with Gasteiger partial charge in [-0.1, -0.05) is 35.4 Å². The summed E-state index contributed by atoms with van der Waals surface area (Å²) in [7, 11) is -3.65. The Morgan fingerprint density at radius 3 is 2.46 bits per heavy atom. The third-order valence-electron chi connectivity index (χ3n) is 5.05. The number of carbonyl (C=O) groups is 1. The maximum absolute atomic E-state index is 13.3. The Balaban J connectivity index is 1.80. The van der Waals surface area contributed by atoms with E-state index in [1.54, 1.807) is 24.3 Å². The molecule has 1 N–H and O–H groups in total. The van der Waals surface area contributed by atoms with E-state index in [4.69, 9.17) is 11.6 Å². The molecule has 0 bridgehead atoms. The molecular weight excluding hydrogens is 396 g/mol. The molecule has 0 saturated carbocycles. The van der Waals surface area contributed by atoms with Crippen molar-refractivity contribution in [3.8, 4) is 0 Å². The monoisotopic (exact) mass is 420 g/mol. The summed E-state index contributed by atoms with van der Waals surface area (Å²) in [6.45, 7) is 6.20. The van der Waals surface area contributed by atoms with Crippen molar-refractivity contribution in [3.05, 3.63) is 58.1 Å². The van der Waals surface area contributed by atoms with Gasteiger partial charge in [0.15, 0.2) is 0 Å². The molecule has 2 aromatic carbocycles. The van der Waals surface area contributed by atoms with Gasteiger partial charge in [-0.05, 0) is 62.9 Å². The first-order valence-corrected chi connectivity index (χ1v) is 11.1. The Morgan fingerprint density at radius 2 is 1.82 bits per heavy atom. The first-order chi connectivity index (χ1) is 13.2. The van der Waals surface area contributed by atoms with Crippen LogP contribution in [0.25, 0.3) is 0 Å². The summed E-state index contributed by atoms with van der Waals surface area (Å²) in [4.78, 5) is 13.0. The van der Waals surface area contributed by atoms with Crippen LogP contribution in [-0.4, -0.2) is 31.7 Å². The third kappa shape index (κ3) is 4.40. The molecule has 28 heavy (non-hydrogen) atoms. The maximum Gasteiger partial charge on any atom is 0.243 e. The number of nitrogens with one attached hydrogen (secondary N) is 1. The van der Waals surface area contributed by atoms with Gasteiger partial charge < -0.3 is 5.32 Å². The summed E-state index contributed by atoms with van der Waals surface area (Å²) in [6, 6.07) is 10.7. The molecule has 150 valence electrons. The fraction of sp³-hybridized carbons (Fsp3) is 0.381. The van der Waals surface area contributed by atoms with Crippen LogP contribution in [0.2, 0.25) is 5.02 Å². The zero-order valence-corrected chi connectivity index (χ0v) is 17.9. The van der Waals surface area contributed by atoms with Crippen LogP contribution in [0, 0.1) is 26.7 Å². The number of aryl methyl sites for hydroxylation is 3. The lowest BCUT2D eigenvalue weighted by Gasteiger charge is -2.32. The molecule has 1 atom stereocenters. The number of nitrogens with zero attached hydrogens (tertiary/aromatic N) is 1. The summed E-state index contributed by atoms with van der Waals surface area (Å²) in [6.07, 6.45) is 1.31. The maximum atomic E-state index is 13.3. The van der Waals surface area contributed by atoms with Crippen molar-refractivity contribution in [2.45, 2.75) is 38.5 Å². The van der Waals surface area contributed by atoms with E-state index in [-0.39, 0.29) is 12.5 Å². The second-order valence-corrected chi connectivity index (χ2v) is 9.74. The van der Waals surface area contributed by atoms with Crippen LogP contribution in [0.15, 0.2) is 41.3 Å². The highest BCUT2D eigenvalue weighted by atomic mass is 35.5. The lowest BCUT2D eigenvalue weighted by Crippen LogP contribution is -2.44. The van der Waals surface area contributed by atoms with Gasteiger partial charge in [0.25, 0.3) is 0 Å². The average molecular weight is 421 g/mol. The highest BCUT2D eigenvalue weighted by Crippen LogP contribution is 2.29. The molecule has 1 amide bonds. The van der Waals surface area contributed by atoms with E-state index < -0.39 is 15.9 Å². The predicted octanol–water partition coefficient (Wildman–Crippen LogP) is 4.30. The van der Waals surface area contributed by atoms with Crippen LogP contribution in [0.5, 0.6) is 0 Å². The number of hydrogen-bond donors (Lipinski definition) is 1. The molecule has 1 fully saturated rings. The van der Waals surface area contributed by atoms with Gasteiger partial charge in [-0.25, -0.2) is 8.42 Å². The molecular formula is C21H25ClN2O3S. The van der Waals surface area contributed by atoms with Gasteiger partial charge in [0, 0.05) is 23.8 Å². The van der Waals surface area contributed by atoms with Gasteiger partial charge in [-0.15, -0.1) is 0 Å². The number of anilines is 1. The Morgan fingerprint density at radius 1 is 1.14 bits per heavy atom. The molecule has 5 nitrogen and oxygen atoms in total. The largest absolute Gasteiger partial charge is 0.326 e. The summed E-state index contributed by atoms with van der Waals surface area (Å²) in [5.41, 5.74) is 3.13. The van der Waals surface area contributed by atoms with Crippen molar-refractivity contribution in [1.29, 1.82) is 0 Å². The molecule has 2 aromatic rings. The highest BCUT2D eigenvalue weighted by molar-refractivity contribution is 7.89. The van der Waals surface area contributed by atoms with Gasteiger partial charge in [0.05, 0.1) is 10.8 Å². The number of benzene rings is 2. The minimum absolute atomic E-state index is 0.181. The fourth-order valence-corrected chi connectivity index (χ4v) is 6.01. The zero-order chi connectivity index (χ0) is 20.5. The lowest BCUT2D eigenvalue weighted by molar-refractivity contribution is -0.120. The Bertz CT molecular complexity index is 981. The van der Waals surface area contributed by atoms with E-state index in [0.29, 0.717) is 35.0 Å². The average Bonchev–Trinajstić information content (AvgIpc) is 2.60. The minimum Gasteiger partial charge on any atom is -0.326 e. The summed E-state index contributed by atoms with van der Waals surface area (Å²) < 4.78 is 28.0. The van der Waals surface area contributed by atoms with Crippen molar-refractivity contribution in [2.24, 2.45) is 5.92 Å². The summed E-state index contributed by atoms with van der Waals surface area (Å²) in [5, 5.41) is 3.39.